The molecule has 8 nitrogen and oxygen atoms in total. The Morgan fingerprint density at radius 1 is 1.47 bits per heavy atom. The van der Waals surface area contributed by atoms with Crippen LogP contribution in [0.25, 0.3) is 10.4 Å². The molecule has 0 aromatic rings. The van der Waals surface area contributed by atoms with Gasteiger partial charge >= 0.3 is 0 Å². The van der Waals surface area contributed by atoms with Gasteiger partial charge in [0.15, 0.2) is 6.29 Å². The van der Waals surface area contributed by atoms with Crippen molar-refractivity contribution in [3.05, 3.63) is 10.4 Å². The Morgan fingerprint density at radius 3 is 2.74 bits per heavy atom. The lowest BCUT2D eigenvalue weighted by Gasteiger charge is -2.41. The molecule has 2 unspecified atom stereocenters. The van der Waals surface area contributed by atoms with E-state index in [0.29, 0.717) is 6.61 Å². The van der Waals surface area contributed by atoms with Crippen LogP contribution in [0.5, 0.6) is 0 Å². The third kappa shape index (κ3) is 4.04. The van der Waals surface area contributed by atoms with Gasteiger partial charge in [0.25, 0.3) is 0 Å². The zero-order valence-corrected chi connectivity index (χ0v) is 11.2. The van der Waals surface area contributed by atoms with Crippen molar-refractivity contribution in [2.24, 2.45) is 5.11 Å². The summed E-state index contributed by atoms with van der Waals surface area (Å²) in [4.78, 5) is 2.72. The second kappa shape index (κ2) is 8.31. The second-order valence-electron chi connectivity index (χ2n) is 4.34. The van der Waals surface area contributed by atoms with Gasteiger partial charge in [0, 0.05) is 18.6 Å². The lowest BCUT2D eigenvalue weighted by atomic mass is 9.97. The lowest BCUT2D eigenvalue weighted by molar-refractivity contribution is -0.277. The van der Waals surface area contributed by atoms with Crippen LogP contribution in [0.2, 0.25) is 0 Å². The number of azide groups is 1. The molecule has 1 saturated heterocycles. The maximum absolute atomic E-state index is 10.0. The highest BCUT2D eigenvalue weighted by molar-refractivity contribution is 4.95. The van der Waals surface area contributed by atoms with Crippen molar-refractivity contribution in [1.29, 1.82) is 0 Å². The standard InChI is InChI=1S/C11H21N3O5/c1-3-4-5-18-10-8(13-14-12)9(16)7(6-15)19-11(10)17-2/h7-11,15-16H,3-6H2,1-2H3/t7?,8-,9+,10?,11-/m0/s1. The number of ether oxygens (including phenoxy) is 3. The number of nitrogens with zero attached hydrogens (tertiary/aromatic N) is 3. The SMILES string of the molecule is CCCCOC1[C@@H](OC)OC(CO)[C@@H](O)[C@@H]1N=[N+]=[N-]. The van der Waals surface area contributed by atoms with E-state index in [2.05, 4.69) is 10.0 Å². The van der Waals surface area contributed by atoms with Gasteiger partial charge in [-0.3, -0.25) is 0 Å². The number of aliphatic hydroxyl groups excluding tert-OH is 2. The van der Waals surface area contributed by atoms with E-state index < -0.39 is 30.6 Å². The molecule has 2 N–H and O–H groups in total. The Hall–Kier alpha value is -0.890. The summed E-state index contributed by atoms with van der Waals surface area (Å²) in [6.07, 6.45) is -1.65. The molecule has 0 spiro atoms. The quantitative estimate of drug-likeness (QED) is 0.305. The van der Waals surface area contributed by atoms with Crippen molar-refractivity contribution in [2.75, 3.05) is 20.3 Å². The highest BCUT2D eigenvalue weighted by atomic mass is 16.7. The number of hydrogen-bond donors (Lipinski definition) is 2. The molecule has 0 aliphatic carbocycles. The number of hydrogen-bond acceptors (Lipinski definition) is 6. The third-order valence-electron chi connectivity index (χ3n) is 3.05. The predicted octanol–water partition coefficient (Wildman–Crippen LogP) is 0.575. The molecule has 110 valence electrons. The maximum Gasteiger partial charge on any atom is 0.184 e. The predicted molar refractivity (Wildman–Crippen MR) is 66.3 cm³/mol. The van der Waals surface area contributed by atoms with Gasteiger partial charge in [-0.15, -0.1) is 0 Å². The molecule has 8 heteroatoms. The largest absolute Gasteiger partial charge is 0.394 e. The molecular weight excluding hydrogens is 254 g/mol. The molecule has 1 aliphatic heterocycles. The highest BCUT2D eigenvalue weighted by Gasteiger charge is 2.45. The van der Waals surface area contributed by atoms with E-state index in [1.165, 1.54) is 7.11 Å². The van der Waals surface area contributed by atoms with Gasteiger partial charge in [-0.05, 0) is 12.0 Å². The van der Waals surface area contributed by atoms with Crippen molar-refractivity contribution in [2.45, 2.75) is 50.4 Å². The zero-order valence-electron chi connectivity index (χ0n) is 11.2. The molecule has 1 aliphatic rings. The highest BCUT2D eigenvalue weighted by Crippen LogP contribution is 2.26. The summed E-state index contributed by atoms with van der Waals surface area (Å²) in [7, 11) is 1.43. The summed E-state index contributed by atoms with van der Waals surface area (Å²) >= 11 is 0. The summed E-state index contributed by atoms with van der Waals surface area (Å²) in [5.74, 6) is 0. The molecule has 1 heterocycles. The van der Waals surface area contributed by atoms with Crippen molar-refractivity contribution < 1.29 is 24.4 Å². The Kier molecular flexibility index (Phi) is 7.07. The minimum Gasteiger partial charge on any atom is -0.394 e. The van der Waals surface area contributed by atoms with Gasteiger partial charge in [0.2, 0.25) is 0 Å². The van der Waals surface area contributed by atoms with Crippen LogP contribution < -0.4 is 0 Å². The molecule has 0 bridgehead atoms. The average molecular weight is 275 g/mol. The first kappa shape index (κ1) is 16.2. The van der Waals surface area contributed by atoms with Crippen molar-refractivity contribution >= 4 is 0 Å². The minimum atomic E-state index is -1.13. The summed E-state index contributed by atoms with van der Waals surface area (Å²) in [5, 5.41) is 22.7. The summed E-state index contributed by atoms with van der Waals surface area (Å²) in [6, 6.07) is -0.849. The molecule has 5 atom stereocenters. The van der Waals surface area contributed by atoms with Gasteiger partial charge < -0.3 is 24.4 Å². The fourth-order valence-electron chi connectivity index (χ4n) is 1.98. The van der Waals surface area contributed by atoms with E-state index in [9.17, 15) is 5.11 Å². The Bertz CT molecular complexity index is 311. The zero-order chi connectivity index (χ0) is 14.3. The monoisotopic (exact) mass is 275 g/mol. The van der Waals surface area contributed by atoms with Crippen LogP contribution in [0, 0.1) is 0 Å². The molecule has 19 heavy (non-hydrogen) atoms. The van der Waals surface area contributed by atoms with Crippen LogP contribution in [-0.4, -0.2) is 61.2 Å². The molecule has 1 fully saturated rings. The van der Waals surface area contributed by atoms with Gasteiger partial charge in [-0.2, -0.15) is 0 Å². The van der Waals surface area contributed by atoms with Crippen LogP contribution in [0.4, 0.5) is 0 Å². The molecule has 0 aromatic carbocycles. The summed E-state index contributed by atoms with van der Waals surface area (Å²) < 4.78 is 16.1. The van der Waals surface area contributed by atoms with Crippen LogP contribution in [0.1, 0.15) is 19.8 Å². The van der Waals surface area contributed by atoms with E-state index in [0.717, 1.165) is 12.8 Å². The Morgan fingerprint density at radius 2 is 2.21 bits per heavy atom. The van der Waals surface area contributed by atoms with E-state index in [1.54, 1.807) is 0 Å². The van der Waals surface area contributed by atoms with Gasteiger partial charge in [-0.1, -0.05) is 18.5 Å². The molecular formula is C11H21N3O5. The topological polar surface area (TPSA) is 117 Å². The van der Waals surface area contributed by atoms with E-state index >= 15 is 0 Å². The minimum absolute atomic E-state index is 0.389. The lowest BCUT2D eigenvalue weighted by Crippen LogP contribution is -2.59. The van der Waals surface area contributed by atoms with E-state index in [-0.39, 0.29) is 6.61 Å². The fourth-order valence-corrected chi connectivity index (χ4v) is 1.98. The maximum atomic E-state index is 10.0. The normalized spacial score (nSPS) is 34.8. The number of rotatable bonds is 7. The molecule has 0 amide bonds. The van der Waals surface area contributed by atoms with Crippen LogP contribution >= 0.6 is 0 Å². The van der Waals surface area contributed by atoms with Crippen LogP contribution in [0.3, 0.4) is 0 Å². The smallest absolute Gasteiger partial charge is 0.184 e. The van der Waals surface area contributed by atoms with Crippen LogP contribution in [0.15, 0.2) is 5.11 Å². The van der Waals surface area contributed by atoms with Crippen molar-refractivity contribution in [3.8, 4) is 0 Å². The van der Waals surface area contributed by atoms with E-state index in [4.69, 9.17) is 24.8 Å². The first-order valence-electron chi connectivity index (χ1n) is 6.32. The molecule has 1 rings (SSSR count). The first-order chi connectivity index (χ1) is 9.19. The number of aliphatic hydroxyl groups is 2. The Balaban J connectivity index is 2.82. The van der Waals surface area contributed by atoms with E-state index in [1.807, 2.05) is 6.92 Å². The van der Waals surface area contributed by atoms with Gasteiger partial charge in [0.05, 0.1) is 18.8 Å². The fraction of sp³-hybridized carbons (Fsp3) is 1.00. The molecule has 0 aromatic heterocycles. The van der Waals surface area contributed by atoms with Crippen molar-refractivity contribution in [3.63, 3.8) is 0 Å². The average Bonchev–Trinajstić information content (AvgIpc) is 2.43. The molecule has 0 radical (unpaired) electrons. The molecule has 0 saturated carbocycles. The number of methoxy groups -OCH3 is 1. The van der Waals surface area contributed by atoms with Gasteiger partial charge in [0.1, 0.15) is 12.2 Å². The Labute approximate surface area is 111 Å². The van der Waals surface area contributed by atoms with Gasteiger partial charge in [-0.25, -0.2) is 0 Å². The van der Waals surface area contributed by atoms with Crippen molar-refractivity contribution in [1.82, 2.24) is 0 Å². The first-order valence-corrected chi connectivity index (χ1v) is 6.32. The van der Waals surface area contributed by atoms with Crippen LogP contribution in [-0.2, 0) is 14.2 Å². The summed E-state index contributed by atoms with van der Waals surface area (Å²) in [5.41, 5.74) is 8.59. The number of unbranched alkanes of at least 4 members (excludes halogenated alkanes) is 1. The summed E-state index contributed by atoms with van der Waals surface area (Å²) in [6.45, 7) is 2.09. The third-order valence-corrected chi connectivity index (χ3v) is 3.05. The second-order valence-corrected chi connectivity index (χ2v) is 4.34.